The fraction of sp³-hybridized carbons (Fsp3) is 0.881. The van der Waals surface area contributed by atoms with Crippen molar-refractivity contribution in [1.82, 2.24) is 0 Å². The number of fused-ring (bicyclic) bond motifs is 11. The molecule has 2 N–H and O–H groups in total. The van der Waals surface area contributed by atoms with E-state index in [1.54, 1.807) is 6.08 Å². The number of carbonyl (C=O) groups is 3. The van der Waals surface area contributed by atoms with Gasteiger partial charge in [0.1, 0.15) is 12.9 Å². The Labute approximate surface area is 288 Å². The van der Waals surface area contributed by atoms with Gasteiger partial charge in [-0.15, -0.1) is 0 Å². The van der Waals surface area contributed by atoms with Crippen molar-refractivity contribution in [3.63, 3.8) is 0 Å². The van der Waals surface area contributed by atoms with Crippen LogP contribution in [0.3, 0.4) is 0 Å². The summed E-state index contributed by atoms with van der Waals surface area (Å²) in [6, 6.07) is 0. The van der Waals surface area contributed by atoms with Crippen LogP contribution < -0.4 is 0 Å². The lowest BCUT2D eigenvalue weighted by Gasteiger charge is -2.60. The van der Waals surface area contributed by atoms with E-state index in [2.05, 4.69) is 20.8 Å². The molecule has 0 amide bonds. The Hall–Kier alpha value is -1.37. The number of ether oxygens (including phenoxy) is 1. The average molecular weight is 663 g/mol. The summed E-state index contributed by atoms with van der Waals surface area (Å²) in [5, 5.41) is 20.5. The Morgan fingerprint density at radius 3 is 2.50 bits per heavy atom. The molecule has 1 unspecified atom stereocenters. The molecular formula is C42H62O6. The maximum Gasteiger partial charge on any atom is 0.162 e. The Morgan fingerprint density at radius 1 is 0.938 bits per heavy atom. The van der Waals surface area contributed by atoms with Gasteiger partial charge in [-0.05, 0) is 148 Å². The van der Waals surface area contributed by atoms with Crippen molar-refractivity contribution in [2.24, 2.45) is 74.9 Å². The van der Waals surface area contributed by atoms with E-state index in [4.69, 9.17) is 4.74 Å². The van der Waals surface area contributed by atoms with Crippen molar-refractivity contribution in [2.75, 3.05) is 13.2 Å². The Bertz CT molecular complexity index is 1340. The van der Waals surface area contributed by atoms with Crippen LogP contribution >= 0.6 is 0 Å². The first kappa shape index (κ1) is 33.8. The number of hydrogen-bond acceptors (Lipinski definition) is 6. The standard InChI is InChI=1S/C21H28O5.C21H34O/c1-20-7-6-13(24)8-12(20)2-3-14-15-4-5-16(18(26)10-22)21(15,11-23)9-17(25)19(14)20;1-3-14-8-10-17-16-9-7-15-6-4-5-11-20(15,2)19(16)18-12-21(14,17)13-22-18/h8,11,14-17,19,22,25H,2-7,9-10H2,1H3;14-19H,3-13H2,1-2H3/t14-,15-,16+,17-,19+,20-,21+;14-,15?,16-,17-,18-,19+,20-,21-/m00/s1. The number of aldehydes is 1. The molecule has 0 aromatic rings. The van der Waals surface area contributed by atoms with Crippen molar-refractivity contribution >= 4 is 17.9 Å². The summed E-state index contributed by atoms with van der Waals surface area (Å²) in [7, 11) is 0. The number of carbonyl (C=O) groups excluding carboxylic acids is 3. The molecule has 6 nitrogen and oxygen atoms in total. The molecule has 15 atom stereocenters. The summed E-state index contributed by atoms with van der Waals surface area (Å²) in [6.07, 6.45) is 22.3. The molecular weight excluding hydrogens is 600 g/mol. The van der Waals surface area contributed by atoms with Crippen LogP contribution in [0.25, 0.3) is 0 Å². The summed E-state index contributed by atoms with van der Waals surface area (Å²) in [6.45, 7) is 7.86. The molecule has 1 aliphatic heterocycles. The Kier molecular flexibility index (Phi) is 8.52. The molecule has 0 aromatic heterocycles. The predicted molar refractivity (Wildman–Crippen MR) is 184 cm³/mol. The Morgan fingerprint density at radius 2 is 1.73 bits per heavy atom. The molecule has 48 heavy (non-hydrogen) atoms. The van der Waals surface area contributed by atoms with Crippen LogP contribution in [0.2, 0.25) is 0 Å². The van der Waals surface area contributed by atoms with Crippen LogP contribution in [0.15, 0.2) is 11.6 Å². The fourth-order valence-electron chi connectivity index (χ4n) is 15.8. The third-order valence-electron chi connectivity index (χ3n) is 17.7. The highest BCUT2D eigenvalue weighted by atomic mass is 16.5. The second-order valence-electron chi connectivity index (χ2n) is 18.9. The third-order valence-corrected chi connectivity index (χ3v) is 17.7. The minimum Gasteiger partial charge on any atom is -0.393 e. The zero-order valence-electron chi connectivity index (χ0n) is 30.0. The van der Waals surface area contributed by atoms with Gasteiger partial charge in [0.2, 0.25) is 0 Å². The van der Waals surface area contributed by atoms with Crippen LogP contribution in [0.5, 0.6) is 0 Å². The second kappa shape index (κ2) is 12.1. The van der Waals surface area contributed by atoms with E-state index in [9.17, 15) is 24.6 Å². The summed E-state index contributed by atoms with van der Waals surface area (Å²) in [5.74, 6) is 4.68. The summed E-state index contributed by atoms with van der Waals surface area (Å²) in [5.41, 5.74) is 1.37. The summed E-state index contributed by atoms with van der Waals surface area (Å²) in [4.78, 5) is 36.4. The molecule has 7 saturated carbocycles. The van der Waals surface area contributed by atoms with E-state index in [0.717, 1.165) is 73.7 Å². The number of hydrogen-bond donors (Lipinski definition) is 2. The van der Waals surface area contributed by atoms with Gasteiger partial charge in [-0.3, -0.25) is 9.59 Å². The zero-order valence-corrected chi connectivity index (χ0v) is 30.0. The van der Waals surface area contributed by atoms with Gasteiger partial charge in [0.05, 0.1) is 18.8 Å². The van der Waals surface area contributed by atoms with E-state index < -0.39 is 24.0 Å². The van der Waals surface area contributed by atoms with Gasteiger partial charge >= 0.3 is 0 Å². The van der Waals surface area contributed by atoms with Gasteiger partial charge in [0.15, 0.2) is 11.6 Å². The van der Waals surface area contributed by atoms with Crippen LogP contribution in [0.4, 0.5) is 0 Å². The smallest absolute Gasteiger partial charge is 0.162 e. The van der Waals surface area contributed by atoms with Gasteiger partial charge in [0.25, 0.3) is 0 Å². The lowest BCUT2D eigenvalue weighted by molar-refractivity contribution is -0.157. The largest absolute Gasteiger partial charge is 0.393 e. The number of rotatable bonds is 4. The van der Waals surface area contributed by atoms with Crippen molar-refractivity contribution < 1.29 is 29.3 Å². The zero-order chi connectivity index (χ0) is 33.6. The molecule has 9 aliphatic rings. The highest BCUT2D eigenvalue weighted by Gasteiger charge is 2.68. The van der Waals surface area contributed by atoms with Crippen LogP contribution in [0.1, 0.15) is 130 Å². The minimum absolute atomic E-state index is 0.0386. The lowest BCUT2D eigenvalue weighted by Crippen LogP contribution is -2.58. The monoisotopic (exact) mass is 662 g/mol. The van der Waals surface area contributed by atoms with E-state index >= 15 is 0 Å². The molecule has 266 valence electrons. The van der Waals surface area contributed by atoms with Gasteiger partial charge in [-0.2, -0.15) is 0 Å². The fourth-order valence-corrected chi connectivity index (χ4v) is 15.8. The molecule has 1 spiro atoms. The van der Waals surface area contributed by atoms with Crippen LogP contribution in [-0.4, -0.2) is 53.5 Å². The van der Waals surface area contributed by atoms with Gasteiger partial charge in [0, 0.05) is 23.2 Å². The number of ketones is 2. The highest BCUT2D eigenvalue weighted by molar-refractivity contribution is 5.91. The minimum atomic E-state index is -0.831. The van der Waals surface area contributed by atoms with Gasteiger partial charge in [-0.1, -0.05) is 45.6 Å². The van der Waals surface area contributed by atoms with Crippen molar-refractivity contribution in [1.29, 1.82) is 0 Å². The van der Waals surface area contributed by atoms with E-state index in [1.807, 2.05) is 0 Å². The van der Waals surface area contributed by atoms with Crippen LogP contribution in [0, 0.1) is 74.9 Å². The molecule has 6 heteroatoms. The molecule has 8 aliphatic carbocycles. The lowest BCUT2D eigenvalue weighted by atomic mass is 9.44. The van der Waals surface area contributed by atoms with E-state index in [-0.39, 0.29) is 34.7 Å². The molecule has 1 heterocycles. The van der Waals surface area contributed by atoms with Crippen molar-refractivity contribution in [2.45, 2.75) is 142 Å². The topological polar surface area (TPSA) is 101 Å². The maximum absolute atomic E-state index is 12.3. The normalized spacial score (nSPS) is 53.1. The van der Waals surface area contributed by atoms with Crippen molar-refractivity contribution in [3.05, 3.63) is 11.6 Å². The molecule has 0 aromatic carbocycles. The van der Waals surface area contributed by atoms with E-state index in [0.29, 0.717) is 36.2 Å². The quantitative estimate of drug-likeness (QED) is 0.307. The first-order valence-electron chi connectivity index (χ1n) is 20.2. The number of allylic oxidation sites excluding steroid dienone is 1. The van der Waals surface area contributed by atoms with E-state index in [1.165, 1.54) is 64.2 Å². The highest BCUT2D eigenvalue weighted by Crippen LogP contribution is 2.71. The first-order chi connectivity index (χ1) is 23.1. The summed E-state index contributed by atoms with van der Waals surface area (Å²) >= 11 is 0. The van der Waals surface area contributed by atoms with Gasteiger partial charge in [-0.25, -0.2) is 0 Å². The average Bonchev–Trinajstić information content (AvgIpc) is 3.78. The summed E-state index contributed by atoms with van der Waals surface area (Å²) < 4.78 is 6.60. The predicted octanol–water partition coefficient (Wildman–Crippen LogP) is 7.28. The number of Topliss-reactive ketones (excluding diaryl/α,β-unsaturated/α-hetero) is 1. The molecule has 1 saturated heterocycles. The third kappa shape index (κ3) is 4.62. The molecule has 2 bridgehead atoms. The molecule has 0 radical (unpaired) electrons. The number of aliphatic hydroxyl groups is 2. The molecule has 9 rings (SSSR count). The van der Waals surface area contributed by atoms with Crippen molar-refractivity contribution in [3.8, 4) is 0 Å². The first-order valence-corrected chi connectivity index (χ1v) is 20.2. The maximum atomic E-state index is 12.3. The second-order valence-corrected chi connectivity index (χ2v) is 18.9. The Balaban J connectivity index is 0.000000142. The van der Waals surface area contributed by atoms with Gasteiger partial charge < -0.3 is 19.7 Å². The SMILES string of the molecule is CC[C@H]1CC[C@H]2[C@@H]3CCC4CCCC[C@]4(C)[C@H]3[C@@H]3C[C@]12CO3.C[C@]12CCC(=O)C=C1CC[C@@H]1[C@@H]2[C@@H](O)C[C@]2(C=O)[C@@H](C(=O)CO)CC[C@@H]12. The number of aliphatic hydroxyl groups excluding tert-OH is 2. The van der Waals surface area contributed by atoms with Crippen LogP contribution in [-0.2, 0) is 19.1 Å². The molecule has 8 fully saturated rings.